The van der Waals surface area contributed by atoms with Crippen molar-refractivity contribution in [2.75, 3.05) is 13.1 Å². The van der Waals surface area contributed by atoms with Gasteiger partial charge in [-0.15, -0.1) is 11.3 Å². The summed E-state index contributed by atoms with van der Waals surface area (Å²) in [5.74, 6) is -0.316. The van der Waals surface area contributed by atoms with Gasteiger partial charge in [0.2, 0.25) is 0 Å². The van der Waals surface area contributed by atoms with Crippen LogP contribution in [0.4, 0.5) is 0 Å². The molecule has 0 saturated heterocycles. The van der Waals surface area contributed by atoms with E-state index >= 15 is 0 Å². The van der Waals surface area contributed by atoms with Crippen LogP contribution in [0.5, 0.6) is 0 Å². The van der Waals surface area contributed by atoms with Crippen molar-refractivity contribution in [2.45, 2.75) is 0 Å². The Hall–Kier alpha value is -2.21. The summed E-state index contributed by atoms with van der Waals surface area (Å²) >= 11 is 1.38. The highest BCUT2D eigenvalue weighted by molar-refractivity contribution is 7.12. The molecule has 2 aromatic rings. The van der Waals surface area contributed by atoms with Crippen LogP contribution in [-0.2, 0) is 0 Å². The predicted molar refractivity (Wildman–Crippen MR) is 73.2 cm³/mol. The molecule has 0 aliphatic rings. The van der Waals surface area contributed by atoms with Crippen LogP contribution in [-0.4, -0.2) is 29.9 Å². The van der Waals surface area contributed by atoms with Crippen molar-refractivity contribution in [2.24, 2.45) is 0 Å². The Balaban J connectivity index is 1.70. The summed E-state index contributed by atoms with van der Waals surface area (Å²) in [6.45, 7) is 0.771. The van der Waals surface area contributed by atoms with Crippen molar-refractivity contribution in [1.29, 1.82) is 0 Å². The van der Waals surface area contributed by atoms with Crippen LogP contribution in [0, 0.1) is 0 Å². The third-order valence-electron chi connectivity index (χ3n) is 2.36. The zero-order valence-corrected chi connectivity index (χ0v) is 10.9. The topological polar surface area (TPSA) is 71.1 Å². The Morgan fingerprint density at radius 1 is 1.11 bits per heavy atom. The molecule has 0 atom stereocenters. The molecule has 19 heavy (non-hydrogen) atoms. The van der Waals surface area contributed by atoms with Crippen LogP contribution in [0.25, 0.3) is 0 Å². The Bertz CT molecular complexity index is 540. The van der Waals surface area contributed by atoms with Crippen molar-refractivity contribution in [3.8, 4) is 0 Å². The zero-order chi connectivity index (χ0) is 13.5. The minimum absolute atomic E-state index is 0.120. The van der Waals surface area contributed by atoms with E-state index in [1.54, 1.807) is 24.4 Å². The largest absolute Gasteiger partial charge is 0.350 e. The molecular formula is C13H13N3O2S. The molecule has 0 unspecified atom stereocenters. The summed E-state index contributed by atoms with van der Waals surface area (Å²) in [5, 5.41) is 7.29. The highest BCUT2D eigenvalue weighted by Crippen LogP contribution is 2.07. The maximum absolute atomic E-state index is 11.7. The molecule has 0 spiro atoms. The first-order valence-corrected chi connectivity index (χ1v) is 6.65. The first-order valence-electron chi connectivity index (χ1n) is 5.77. The van der Waals surface area contributed by atoms with E-state index < -0.39 is 0 Å². The third kappa shape index (κ3) is 3.89. The van der Waals surface area contributed by atoms with Gasteiger partial charge >= 0.3 is 0 Å². The number of thiophene rings is 1. The van der Waals surface area contributed by atoms with Gasteiger partial charge in [-0.05, 0) is 23.6 Å². The predicted octanol–water partition coefficient (Wildman–Crippen LogP) is 1.30. The summed E-state index contributed by atoms with van der Waals surface area (Å²) in [5.41, 5.74) is 0.507. The number of hydrogen-bond donors (Lipinski definition) is 2. The second kappa shape index (κ2) is 6.65. The second-order valence-electron chi connectivity index (χ2n) is 3.73. The highest BCUT2D eigenvalue weighted by atomic mass is 32.1. The normalized spacial score (nSPS) is 9.89. The van der Waals surface area contributed by atoms with E-state index in [9.17, 15) is 9.59 Å². The molecule has 0 aromatic carbocycles. The average molecular weight is 275 g/mol. The minimum Gasteiger partial charge on any atom is -0.350 e. The van der Waals surface area contributed by atoms with E-state index in [2.05, 4.69) is 15.6 Å². The number of rotatable bonds is 5. The van der Waals surface area contributed by atoms with Crippen LogP contribution in [0.15, 0.2) is 42.0 Å². The molecule has 2 amide bonds. The second-order valence-corrected chi connectivity index (χ2v) is 4.68. The number of carbonyl (C=O) groups excluding carboxylic acids is 2. The fourth-order valence-electron chi connectivity index (χ4n) is 1.45. The molecule has 5 nitrogen and oxygen atoms in total. The van der Waals surface area contributed by atoms with Crippen LogP contribution in [0.2, 0.25) is 0 Å². The van der Waals surface area contributed by atoms with E-state index in [0.29, 0.717) is 23.5 Å². The quantitative estimate of drug-likeness (QED) is 0.808. The molecule has 0 saturated carbocycles. The summed E-state index contributed by atoms with van der Waals surface area (Å²) < 4.78 is 0. The number of nitrogens with one attached hydrogen (secondary N) is 2. The van der Waals surface area contributed by atoms with Gasteiger partial charge in [-0.3, -0.25) is 14.6 Å². The number of hydrogen-bond acceptors (Lipinski definition) is 4. The average Bonchev–Trinajstić information content (AvgIpc) is 2.98. The van der Waals surface area contributed by atoms with Gasteiger partial charge in [0.1, 0.15) is 0 Å². The van der Waals surface area contributed by atoms with Crippen LogP contribution in [0.1, 0.15) is 20.0 Å². The lowest BCUT2D eigenvalue weighted by molar-refractivity contribution is 0.0929. The van der Waals surface area contributed by atoms with E-state index in [4.69, 9.17) is 0 Å². The molecule has 2 N–H and O–H groups in total. The molecule has 0 bridgehead atoms. The first-order chi connectivity index (χ1) is 9.27. The fourth-order valence-corrected chi connectivity index (χ4v) is 2.09. The Labute approximate surface area is 114 Å². The molecule has 0 aliphatic heterocycles. The van der Waals surface area contributed by atoms with Gasteiger partial charge in [-0.25, -0.2) is 0 Å². The van der Waals surface area contributed by atoms with Crippen LogP contribution in [0.3, 0.4) is 0 Å². The zero-order valence-electron chi connectivity index (χ0n) is 10.1. The molecule has 98 valence electrons. The van der Waals surface area contributed by atoms with Gasteiger partial charge in [-0.1, -0.05) is 6.07 Å². The maximum Gasteiger partial charge on any atom is 0.261 e. The molecule has 0 aliphatic carbocycles. The minimum atomic E-state index is -0.196. The van der Waals surface area contributed by atoms with Crippen LogP contribution < -0.4 is 10.6 Å². The van der Waals surface area contributed by atoms with Crippen molar-refractivity contribution in [3.63, 3.8) is 0 Å². The van der Waals surface area contributed by atoms with E-state index in [-0.39, 0.29) is 11.8 Å². The summed E-state index contributed by atoms with van der Waals surface area (Å²) in [6, 6.07) is 6.97. The van der Waals surface area contributed by atoms with E-state index in [1.807, 2.05) is 11.4 Å². The lowest BCUT2D eigenvalue weighted by Gasteiger charge is -2.06. The van der Waals surface area contributed by atoms with Gasteiger partial charge in [0.15, 0.2) is 0 Å². The highest BCUT2D eigenvalue weighted by Gasteiger charge is 2.06. The number of carbonyl (C=O) groups is 2. The number of nitrogens with zero attached hydrogens (tertiary/aromatic N) is 1. The van der Waals surface area contributed by atoms with Gasteiger partial charge in [0.05, 0.1) is 10.4 Å². The van der Waals surface area contributed by atoms with E-state index in [0.717, 1.165) is 0 Å². The fraction of sp³-hybridized carbons (Fsp3) is 0.154. The monoisotopic (exact) mass is 275 g/mol. The molecule has 0 radical (unpaired) electrons. The van der Waals surface area contributed by atoms with Gasteiger partial charge < -0.3 is 10.6 Å². The Morgan fingerprint density at radius 3 is 2.53 bits per heavy atom. The molecular weight excluding hydrogens is 262 g/mol. The lowest BCUT2D eigenvalue weighted by Crippen LogP contribution is -2.34. The van der Waals surface area contributed by atoms with Gasteiger partial charge in [-0.2, -0.15) is 0 Å². The standard InChI is InChI=1S/C13H13N3O2S/c17-12(10-3-1-5-14-9-10)15-6-7-16-13(18)11-4-2-8-19-11/h1-5,8-9H,6-7H2,(H,15,17)(H,16,18). The Kier molecular flexibility index (Phi) is 4.63. The van der Waals surface area contributed by atoms with Crippen molar-refractivity contribution in [1.82, 2.24) is 15.6 Å². The lowest BCUT2D eigenvalue weighted by atomic mass is 10.3. The van der Waals surface area contributed by atoms with Crippen molar-refractivity contribution in [3.05, 3.63) is 52.5 Å². The number of amides is 2. The smallest absolute Gasteiger partial charge is 0.261 e. The van der Waals surface area contributed by atoms with E-state index in [1.165, 1.54) is 17.5 Å². The molecule has 2 heterocycles. The maximum atomic E-state index is 11.7. The number of aromatic nitrogens is 1. The molecule has 6 heteroatoms. The Morgan fingerprint density at radius 2 is 1.89 bits per heavy atom. The van der Waals surface area contributed by atoms with Gasteiger partial charge in [0.25, 0.3) is 11.8 Å². The van der Waals surface area contributed by atoms with Crippen molar-refractivity contribution >= 4 is 23.2 Å². The SMILES string of the molecule is O=C(NCCNC(=O)c1cccs1)c1cccnc1. The molecule has 2 aromatic heterocycles. The summed E-state index contributed by atoms with van der Waals surface area (Å²) in [6.07, 6.45) is 3.11. The van der Waals surface area contributed by atoms with Gasteiger partial charge in [0, 0.05) is 25.5 Å². The van der Waals surface area contributed by atoms with Crippen LogP contribution >= 0.6 is 11.3 Å². The number of pyridine rings is 1. The third-order valence-corrected chi connectivity index (χ3v) is 3.23. The van der Waals surface area contributed by atoms with Crippen molar-refractivity contribution < 1.29 is 9.59 Å². The first kappa shape index (κ1) is 13.2. The summed E-state index contributed by atoms with van der Waals surface area (Å²) in [4.78, 5) is 27.8. The molecule has 0 fully saturated rings. The molecule has 2 rings (SSSR count). The summed E-state index contributed by atoms with van der Waals surface area (Å²) in [7, 11) is 0.